The summed E-state index contributed by atoms with van der Waals surface area (Å²) in [4.78, 5) is 29.5. The molecule has 2 aliphatic carbocycles. The van der Waals surface area contributed by atoms with E-state index in [0.717, 1.165) is 34.7 Å². The van der Waals surface area contributed by atoms with E-state index in [-0.39, 0.29) is 10.3 Å². The first-order chi connectivity index (χ1) is 13.1. The lowest BCUT2D eigenvalue weighted by atomic mass is 10.1. The van der Waals surface area contributed by atoms with E-state index in [1.54, 1.807) is 17.2 Å². The molecule has 3 aromatic rings. The molecule has 0 spiro atoms. The first kappa shape index (κ1) is 16.9. The Balaban J connectivity index is 1.68. The molecular weight excluding hydrogens is 378 g/mol. The van der Waals surface area contributed by atoms with Crippen LogP contribution in [0.25, 0.3) is 26.1 Å². The number of hydrogen-bond acceptors (Lipinski definition) is 7. The molecule has 3 aromatic heterocycles. The lowest BCUT2D eigenvalue weighted by molar-refractivity contribution is 0.939. The molecule has 0 amide bonds. The van der Waals surface area contributed by atoms with E-state index in [1.165, 1.54) is 11.3 Å². The molecule has 8 heteroatoms. The van der Waals surface area contributed by atoms with Crippen molar-refractivity contribution in [3.63, 3.8) is 0 Å². The van der Waals surface area contributed by atoms with Gasteiger partial charge in [-0.3, -0.25) is 9.36 Å². The zero-order valence-corrected chi connectivity index (χ0v) is 17.0. The maximum absolute atomic E-state index is 13.2. The van der Waals surface area contributed by atoms with Gasteiger partial charge in [0.2, 0.25) is 0 Å². The molecule has 2 aliphatic rings. The fourth-order valence-electron chi connectivity index (χ4n) is 3.70. The SMILES string of the molecule is CCN(C)c1ncnc2sc3c(=O)n(C4=CC5CC5(SC)C=C4)cnc3c12. The van der Waals surface area contributed by atoms with E-state index in [4.69, 9.17) is 0 Å². The molecule has 0 saturated heterocycles. The number of hydrogen-bond donors (Lipinski definition) is 0. The fourth-order valence-corrected chi connectivity index (χ4v) is 5.64. The van der Waals surface area contributed by atoms with Crippen LogP contribution in [0, 0.1) is 5.92 Å². The van der Waals surface area contributed by atoms with Gasteiger partial charge in [-0.05, 0) is 31.6 Å². The highest BCUT2D eigenvalue weighted by Crippen LogP contribution is 2.57. The summed E-state index contributed by atoms with van der Waals surface area (Å²) >= 11 is 3.28. The monoisotopic (exact) mass is 397 g/mol. The minimum atomic E-state index is -0.0405. The van der Waals surface area contributed by atoms with E-state index >= 15 is 0 Å². The van der Waals surface area contributed by atoms with Gasteiger partial charge in [0.25, 0.3) is 5.56 Å². The van der Waals surface area contributed by atoms with Crippen molar-refractivity contribution >= 4 is 55.0 Å². The molecule has 138 valence electrons. The van der Waals surface area contributed by atoms with Crippen molar-refractivity contribution in [3.05, 3.63) is 41.2 Å². The average molecular weight is 398 g/mol. The number of fused-ring (bicyclic) bond motifs is 4. The predicted molar refractivity (Wildman–Crippen MR) is 114 cm³/mol. The molecule has 2 atom stereocenters. The van der Waals surface area contributed by atoms with Gasteiger partial charge >= 0.3 is 0 Å². The third-order valence-corrected chi connectivity index (χ3v) is 8.01. The number of allylic oxidation sites excluding steroid dienone is 3. The van der Waals surface area contributed by atoms with Crippen molar-refractivity contribution in [2.75, 3.05) is 24.7 Å². The van der Waals surface area contributed by atoms with E-state index in [1.807, 2.05) is 23.7 Å². The van der Waals surface area contributed by atoms with Gasteiger partial charge in [-0.25, -0.2) is 15.0 Å². The number of thiophene rings is 1. The third-order valence-electron chi connectivity index (χ3n) is 5.57. The Hall–Kier alpha value is -2.19. The topological polar surface area (TPSA) is 63.9 Å². The second-order valence-electron chi connectivity index (χ2n) is 6.99. The molecule has 1 saturated carbocycles. The predicted octanol–water partition coefficient (Wildman–Crippen LogP) is 3.39. The van der Waals surface area contributed by atoms with Gasteiger partial charge < -0.3 is 4.90 Å². The first-order valence-electron chi connectivity index (χ1n) is 8.90. The molecule has 0 aromatic carbocycles. The molecule has 0 aliphatic heterocycles. The molecule has 2 unspecified atom stereocenters. The minimum Gasteiger partial charge on any atom is -0.359 e. The smallest absolute Gasteiger partial charge is 0.275 e. The number of anilines is 1. The summed E-state index contributed by atoms with van der Waals surface area (Å²) in [6.07, 6.45) is 13.0. The van der Waals surface area contributed by atoms with E-state index in [9.17, 15) is 4.79 Å². The third kappa shape index (κ3) is 2.39. The molecule has 0 bridgehead atoms. The van der Waals surface area contributed by atoms with Crippen molar-refractivity contribution < 1.29 is 0 Å². The van der Waals surface area contributed by atoms with E-state index < -0.39 is 0 Å². The molecule has 27 heavy (non-hydrogen) atoms. The van der Waals surface area contributed by atoms with Crippen molar-refractivity contribution in [1.29, 1.82) is 0 Å². The Morgan fingerprint density at radius 2 is 2.26 bits per heavy atom. The maximum Gasteiger partial charge on any atom is 0.275 e. The van der Waals surface area contributed by atoms with Gasteiger partial charge in [0.05, 0.1) is 5.39 Å². The number of nitrogens with zero attached hydrogens (tertiary/aromatic N) is 5. The second-order valence-corrected chi connectivity index (χ2v) is 9.15. The van der Waals surface area contributed by atoms with Crippen molar-refractivity contribution in [2.45, 2.75) is 18.1 Å². The number of thioether (sulfide) groups is 1. The Kier molecular flexibility index (Phi) is 3.70. The van der Waals surface area contributed by atoms with Crippen LogP contribution in [0.2, 0.25) is 0 Å². The zero-order chi connectivity index (χ0) is 18.8. The fraction of sp³-hybridized carbons (Fsp3) is 0.368. The summed E-state index contributed by atoms with van der Waals surface area (Å²) in [5, 5.41) is 0.864. The summed E-state index contributed by atoms with van der Waals surface area (Å²) in [5.74, 6) is 1.33. The molecule has 3 heterocycles. The summed E-state index contributed by atoms with van der Waals surface area (Å²) in [7, 11) is 1.98. The van der Waals surface area contributed by atoms with Crippen LogP contribution in [0.4, 0.5) is 5.82 Å². The van der Waals surface area contributed by atoms with Gasteiger partial charge in [-0.2, -0.15) is 11.8 Å². The van der Waals surface area contributed by atoms with E-state index in [2.05, 4.69) is 46.4 Å². The molecule has 1 fully saturated rings. The van der Waals surface area contributed by atoms with Gasteiger partial charge in [0, 0.05) is 24.0 Å². The Morgan fingerprint density at radius 3 is 3.00 bits per heavy atom. The summed E-state index contributed by atoms with van der Waals surface area (Å²) in [5.41, 5.74) is 1.56. The second kappa shape index (κ2) is 5.90. The Morgan fingerprint density at radius 1 is 1.41 bits per heavy atom. The Labute approximate surface area is 164 Å². The van der Waals surface area contributed by atoms with Crippen molar-refractivity contribution in [2.24, 2.45) is 5.92 Å². The van der Waals surface area contributed by atoms with Crippen LogP contribution in [-0.2, 0) is 0 Å². The molecule has 0 N–H and O–H groups in total. The highest BCUT2D eigenvalue weighted by Gasteiger charge is 2.51. The molecule has 0 radical (unpaired) electrons. The van der Waals surface area contributed by atoms with E-state index in [0.29, 0.717) is 16.1 Å². The normalized spacial score (nSPS) is 23.5. The van der Waals surface area contributed by atoms with Crippen LogP contribution in [0.15, 0.2) is 35.7 Å². The largest absolute Gasteiger partial charge is 0.359 e. The summed E-state index contributed by atoms with van der Waals surface area (Å²) in [6, 6.07) is 0. The van der Waals surface area contributed by atoms with Crippen molar-refractivity contribution in [1.82, 2.24) is 19.5 Å². The molecule has 6 nitrogen and oxygen atoms in total. The summed E-state index contributed by atoms with van der Waals surface area (Å²) in [6.45, 7) is 2.88. The van der Waals surface area contributed by atoms with Crippen LogP contribution in [-0.4, -0.2) is 44.1 Å². The summed E-state index contributed by atoms with van der Waals surface area (Å²) < 4.78 is 2.54. The van der Waals surface area contributed by atoms with Crippen LogP contribution in [0.3, 0.4) is 0 Å². The lowest BCUT2D eigenvalue weighted by Gasteiger charge is -2.16. The van der Waals surface area contributed by atoms with Crippen LogP contribution in [0.1, 0.15) is 13.3 Å². The van der Waals surface area contributed by atoms with Crippen LogP contribution >= 0.6 is 23.1 Å². The van der Waals surface area contributed by atoms with Gasteiger partial charge in [-0.15, -0.1) is 11.3 Å². The minimum absolute atomic E-state index is 0.0405. The van der Waals surface area contributed by atoms with Gasteiger partial charge in [-0.1, -0.05) is 12.2 Å². The number of rotatable bonds is 4. The quantitative estimate of drug-likeness (QED) is 0.672. The molecule has 5 rings (SSSR count). The van der Waals surface area contributed by atoms with Gasteiger partial charge in [0.1, 0.15) is 33.5 Å². The van der Waals surface area contributed by atoms with Gasteiger partial charge in [0.15, 0.2) is 0 Å². The standard InChI is InChI=1S/C19H19N5OS2/c1-4-23(2)16-13-14-15(27-17(13)21-9-20-16)18(25)24(10-22-14)12-5-6-19(26-3)8-11(19)7-12/h5-7,9-11H,4,8H2,1-3H3. The molecular formula is C19H19N5OS2. The lowest BCUT2D eigenvalue weighted by Crippen LogP contribution is -2.20. The van der Waals surface area contributed by atoms with Crippen LogP contribution < -0.4 is 10.5 Å². The highest BCUT2D eigenvalue weighted by molar-refractivity contribution is 8.00. The average Bonchev–Trinajstić information content (AvgIpc) is 3.30. The zero-order valence-electron chi connectivity index (χ0n) is 15.3. The highest BCUT2D eigenvalue weighted by atomic mass is 32.2. The first-order valence-corrected chi connectivity index (χ1v) is 10.9. The van der Waals surface area contributed by atoms with Crippen LogP contribution in [0.5, 0.6) is 0 Å². The number of aromatic nitrogens is 4. The maximum atomic E-state index is 13.2. The van der Waals surface area contributed by atoms with Crippen molar-refractivity contribution in [3.8, 4) is 0 Å². The Bertz CT molecular complexity index is 1190.